The number of aromatic nitrogens is 1. The number of aryl methyl sites for hydroxylation is 1. The summed E-state index contributed by atoms with van der Waals surface area (Å²) in [7, 11) is 0. The lowest BCUT2D eigenvalue weighted by Crippen LogP contribution is -2.14. The van der Waals surface area contributed by atoms with Gasteiger partial charge >= 0.3 is 5.97 Å². The normalized spacial score (nSPS) is 18.7. The molecule has 4 rings (SSSR count). The van der Waals surface area contributed by atoms with Crippen LogP contribution in [0.1, 0.15) is 67.3 Å². The molecule has 0 bridgehead atoms. The van der Waals surface area contributed by atoms with E-state index in [-0.39, 0.29) is 11.5 Å². The van der Waals surface area contributed by atoms with E-state index >= 15 is 0 Å². The molecular weight excluding hydrogens is 426 g/mol. The molecule has 2 aromatic rings. The highest BCUT2D eigenvalue weighted by Crippen LogP contribution is 2.38. The van der Waals surface area contributed by atoms with Gasteiger partial charge in [0.15, 0.2) is 0 Å². The molecule has 2 aliphatic rings. The Morgan fingerprint density at radius 1 is 1.25 bits per heavy atom. The second kappa shape index (κ2) is 10.5. The zero-order valence-corrected chi connectivity index (χ0v) is 19.2. The van der Waals surface area contributed by atoms with Gasteiger partial charge in [0.2, 0.25) is 0 Å². The van der Waals surface area contributed by atoms with E-state index in [1.165, 1.54) is 0 Å². The molecule has 170 valence electrons. The summed E-state index contributed by atoms with van der Waals surface area (Å²) < 4.78 is 10.5. The molecular formula is C26H30ClNO4. The first-order chi connectivity index (χ1) is 15.5. The first kappa shape index (κ1) is 22.8. The van der Waals surface area contributed by atoms with Crippen molar-refractivity contribution in [2.45, 2.75) is 51.4 Å². The lowest BCUT2D eigenvalue weighted by molar-refractivity contribution is -0.143. The maximum Gasteiger partial charge on any atom is 0.305 e. The molecule has 1 aromatic heterocycles. The lowest BCUT2D eigenvalue weighted by atomic mass is 9.94. The van der Waals surface area contributed by atoms with Crippen molar-refractivity contribution in [3.63, 3.8) is 0 Å². The van der Waals surface area contributed by atoms with Crippen molar-refractivity contribution < 1.29 is 14.3 Å². The summed E-state index contributed by atoms with van der Waals surface area (Å²) in [6.45, 7) is 3.65. The van der Waals surface area contributed by atoms with Crippen LogP contribution in [0.15, 0.2) is 41.2 Å². The van der Waals surface area contributed by atoms with Crippen molar-refractivity contribution in [2.75, 3.05) is 19.8 Å². The molecule has 0 radical (unpaired) electrons. The van der Waals surface area contributed by atoms with Crippen molar-refractivity contribution >= 4 is 23.1 Å². The number of hydrogen-bond acceptors (Lipinski definition) is 4. The van der Waals surface area contributed by atoms with E-state index < -0.39 is 0 Å². The zero-order chi connectivity index (χ0) is 22.5. The van der Waals surface area contributed by atoms with Gasteiger partial charge in [0, 0.05) is 40.8 Å². The Labute approximate surface area is 193 Å². The molecule has 6 heteroatoms. The Kier molecular flexibility index (Phi) is 7.48. The molecule has 1 unspecified atom stereocenters. The number of carbonyl (C=O) groups excluding carboxylic acids is 1. The average molecular weight is 456 g/mol. The van der Waals surface area contributed by atoms with Gasteiger partial charge in [0.25, 0.3) is 5.56 Å². The molecule has 0 spiro atoms. The van der Waals surface area contributed by atoms with Crippen molar-refractivity contribution in [3.8, 4) is 0 Å². The maximum absolute atomic E-state index is 12.7. The molecule has 1 aromatic carbocycles. The highest BCUT2D eigenvalue weighted by molar-refractivity contribution is 6.31. The minimum absolute atomic E-state index is 0.000236. The Hall–Kier alpha value is -2.37. The molecule has 2 heterocycles. The number of carbonyl (C=O) groups is 1. The highest BCUT2D eigenvalue weighted by Gasteiger charge is 2.26. The fourth-order valence-corrected chi connectivity index (χ4v) is 4.47. The predicted molar refractivity (Wildman–Crippen MR) is 126 cm³/mol. The monoisotopic (exact) mass is 455 g/mol. The number of ether oxygens (including phenoxy) is 2. The topological polar surface area (TPSA) is 68.4 Å². The summed E-state index contributed by atoms with van der Waals surface area (Å²) in [5.41, 5.74) is 4.62. The molecule has 1 saturated heterocycles. The largest absolute Gasteiger partial charge is 0.466 e. The number of pyridine rings is 1. The summed E-state index contributed by atoms with van der Waals surface area (Å²) in [6, 6.07) is 9.99. The third-order valence-electron chi connectivity index (χ3n) is 6.11. The molecule has 5 nitrogen and oxygen atoms in total. The van der Waals surface area contributed by atoms with Gasteiger partial charge in [-0.1, -0.05) is 35.9 Å². The number of esters is 1. The van der Waals surface area contributed by atoms with Crippen LogP contribution >= 0.6 is 11.6 Å². The van der Waals surface area contributed by atoms with Gasteiger partial charge in [0.05, 0.1) is 13.2 Å². The van der Waals surface area contributed by atoms with E-state index in [1.54, 1.807) is 0 Å². The number of H-pyrrole nitrogens is 1. The van der Waals surface area contributed by atoms with E-state index in [0.29, 0.717) is 49.3 Å². The van der Waals surface area contributed by atoms with E-state index in [4.69, 9.17) is 21.1 Å². The highest BCUT2D eigenvalue weighted by atomic mass is 35.5. The average Bonchev–Trinajstić information content (AvgIpc) is 3.48. The second-order valence-corrected chi connectivity index (χ2v) is 9.01. The van der Waals surface area contributed by atoms with Crippen molar-refractivity contribution in [3.05, 3.63) is 74.2 Å². The Morgan fingerprint density at radius 2 is 2.09 bits per heavy atom. The lowest BCUT2D eigenvalue weighted by Gasteiger charge is -2.14. The van der Waals surface area contributed by atoms with Gasteiger partial charge in [-0.3, -0.25) is 9.59 Å². The van der Waals surface area contributed by atoms with Crippen LogP contribution in [0.3, 0.4) is 0 Å². The van der Waals surface area contributed by atoms with Gasteiger partial charge in [-0.05, 0) is 68.2 Å². The summed E-state index contributed by atoms with van der Waals surface area (Å²) in [5.74, 6) is 0.536. The van der Waals surface area contributed by atoms with Crippen LogP contribution in [0.2, 0.25) is 5.02 Å². The summed E-state index contributed by atoms with van der Waals surface area (Å²) >= 11 is 6.62. The minimum Gasteiger partial charge on any atom is -0.466 e. The van der Waals surface area contributed by atoms with Crippen LogP contribution in [0.4, 0.5) is 0 Å². The quantitative estimate of drug-likeness (QED) is 0.523. The molecule has 32 heavy (non-hydrogen) atoms. The number of rotatable bonds is 9. The SMILES string of the molecule is CCOC(=O)CCCc1ccc(/C(=C\C2CCOC2)c2ccc(C3CC3)c(=O)[nH]2)cc1Cl. The first-order valence-electron chi connectivity index (χ1n) is 11.5. The van der Waals surface area contributed by atoms with Crippen molar-refractivity contribution in [2.24, 2.45) is 5.92 Å². The third kappa shape index (κ3) is 5.70. The van der Waals surface area contributed by atoms with Gasteiger partial charge in [-0.15, -0.1) is 0 Å². The molecule has 1 N–H and O–H groups in total. The Morgan fingerprint density at radius 3 is 2.75 bits per heavy atom. The van der Waals surface area contributed by atoms with Crippen molar-refractivity contribution in [1.29, 1.82) is 0 Å². The summed E-state index contributed by atoms with van der Waals surface area (Å²) in [4.78, 5) is 27.3. The van der Waals surface area contributed by atoms with Gasteiger partial charge in [0.1, 0.15) is 0 Å². The van der Waals surface area contributed by atoms with Crippen LogP contribution in [-0.4, -0.2) is 30.8 Å². The predicted octanol–water partition coefficient (Wildman–Crippen LogP) is 5.26. The molecule has 1 saturated carbocycles. The number of aromatic amines is 1. The number of halogens is 1. The van der Waals surface area contributed by atoms with Crippen LogP contribution < -0.4 is 5.56 Å². The molecule has 1 atom stereocenters. The number of hydrogen-bond donors (Lipinski definition) is 1. The smallest absolute Gasteiger partial charge is 0.305 e. The van der Waals surface area contributed by atoms with Crippen LogP contribution in [0.25, 0.3) is 5.57 Å². The first-order valence-corrected chi connectivity index (χ1v) is 11.9. The second-order valence-electron chi connectivity index (χ2n) is 8.60. The summed E-state index contributed by atoms with van der Waals surface area (Å²) in [6.07, 6.45) is 7.13. The van der Waals surface area contributed by atoms with E-state index in [9.17, 15) is 9.59 Å². The Bertz CT molecular complexity index is 1050. The summed E-state index contributed by atoms with van der Waals surface area (Å²) in [5, 5.41) is 0.664. The third-order valence-corrected chi connectivity index (χ3v) is 6.46. The van der Waals surface area contributed by atoms with Gasteiger partial charge in [-0.2, -0.15) is 0 Å². The molecule has 2 fully saturated rings. The van der Waals surface area contributed by atoms with E-state index in [0.717, 1.165) is 53.8 Å². The Balaban J connectivity index is 1.57. The van der Waals surface area contributed by atoms with Gasteiger partial charge < -0.3 is 14.5 Å². The van der Waals surface area contributed by atoms with E-state index in [1.807, 2.05) is 37.3 Å². The fraction of sp³-hybridized carbons (Fsp3) is 0.462. The van der Waals surface area contributed by atoms with Crippen LogP contribution in [-0.2, 0) is 20.7 Å². The molecule has 1 aliphatic carbocycles. The molecule has 1 aliphatic heterocycles. The minimum atomic E-state index is -0.178. The fourth-order valence-electron chi connectivity index (χ4n) is 4.19. The standard InChI is InChI=1S/C26H30ClNO4/c1-2-32-25(29)5-3-4-19-8-9-20(15-23(19)27)22(14-17-12-13-31-16-17)24-11-10-21(18-6-7-18)26(30)28-24/h8-11,14-15,17-18H,2-7,12-13,16H2,1H3,(H,28,30)/b22-14+. The zero-order valence-electron chi connectivity index (χ0n) is 18.5. The van der Waals surface area contributed by atoms with Crippen LogP contribution in [0, 0.1) is 5.92 Å². The maximum atomic E-state index is 12.7. The molecule has 0 amide bonds. The van der Waals surface area contributed by atoms with Crippen LogP contribution in [0.5, 0.6) is 0 Å². The van der Waals surface area contributed by atoms with E-state index in [2.05, 4.69) is 11.1 Å². The number of benzene rings is 1. The number of nitrogens with one attached hydrogen (secondary N) is 1. The van der Waals surface area contributed by atoms with Gasteiger partial charge in [-0.25, -0.2) is 0 Å². The van der Waals surface area contributed by atoms with Crippen molar-refractivity contribution in [1.82, 2.24) is 4.98 Å².